The molecule has 0 saturated carbocycles. The van der Waals surface area contributed by atoms with Gasteiger partial charge < -0.3 is 24.6 Å². The molecule has 2 unspecified atom stereocenters. The first-order chi connectivity index (χ1) is 14.9. The quantitative estimate of drug-likeness (QED) is 0.674. The van der Waals surface area contributed by atoms with Crippen molar-refractivity contribution in [3.63, 3.8) is 0 Å². The van der Waals surface area contributed by atoms with Crippen LogP contribution in [0.2, 0.25) is 5.02 Å². The van der Waals surface area contributed by atoms with Gasteiger partial charge in [-0.25, -0.2) is 14.0 Å². The lowest BCUT2D eigenvalue weighted by molar-refractivity contribution is 0.0508. The Bertz CT molecular complexity index is 1210. The second-order valence-corrected chi connectivity index (χ2v) is 10.6. The molecule has 1 saturated heterocycles. The zero-order valence-corrected chi connectivity index (χ0v) is 19.6. The number of halogens is 2. The summed E-state index contributed by atoms with van der Waals surface area (Å²) in [5, 5.41) is 12.4. The van der Waals surface area contributed by atoms with Crippen molar-refractivity contribution in [1.82, 2.24) is 9.88 Å². The number of ether oxygens (including phenoxy) is 1. The van der Waals surface area contributed by atoms with E-state index in [0.29, 0.717) is 30.1 Å². The summed E-state index contributed by atoms with van der Waals surface area (Å²) in [6.45, 7) is 7.91. The average Bonchev–Trinajstić information content (AvgIpc) is 3.08. The number of amides is 1. The van der Waals surface area contributed by atoms with Gasteiger partial charge in [0.2, 0.25) is 5.43 Å². The van der Waals surface area contributed by atoms with Gasteiger partial charge >= 0.3 is 12.1 Å². The molecule has 0 aliphatic carbocycles. The van der Waals surface area contributed by atoms with Crippen molar-refractivity contribution in [1.29, 1.82) is 0 Å². The number of aromatic nitrogens is 1. The summed E-state index contributed by atoms with van der Waals surface area (Å²) in [5.41, 5.74) is -1.30. The molecule has 2 N–H and O–H groups in total. The molecule has 2 aliphatic rings. The van der Waals surface area contributed by atoms with Crippen LogP contribution in [0.15, 0.2) is 15.9 Å². The standard InChI is InChI=1S/C21H23ClFN3O5S/c1-9-26-15-11(17(27)13(19(28)29)18(26)32-9)7-12(23)16(14(15)22)25-6-5-10(8-25)24-20(30)31-21(2,3)4/h7,9-10H,5-6,8H2,1-4H3,(H,24,30)(H,28,29). The smallest absolute Gasteiger partial charge is 0.407 e. The second-order valence-electron chi connectivity index (χ2n) is 8.90. The van der Waals surface area contributed by atoms with E-state index in [9.17, 15) is 19.5 Å². The van der Waals surface area contributed by atoms with Crippen molar-refractivity contribution in [3.05, 3.63) is 32.7 Å². The highest BCUT2D eigenvalue weighted by Crippen LogP contribution is 2.49. The third kappa shape index (κ3) is 3.79. The van der Waals surface area contributed by atoms with Crippen LogP contribution < -0.4 is 15.6 Å². The maximum Gasteiger partial charge on any atom is 0.407 e. The van der Waals surface area contributed by atoms with Gasteiger partial charge in [-0.05, 0) is 40.2 Å². The lowest BCUT2D eigenvalue weighted by Crippen LogP contribution is -2.40. The Hall–Kier alpha value is -2.46. The molecule has 2 aliphatic heterocycles. The number of hydrogen-bond acceptors (Lipinski definition) is 6. The minimum absolute atomic E-state index is 0.0559. The third-order valence-corrected chi connectivity index (χ3v) is 6.93. The van der Waals surface area contributed by atoms with Crippen LogP contribution in [-0.4, -0.2) is 46.5 Å². The van der Waals surface area contributed by atoms with Crippen LogP contribution in [0, 0.1) is 5.82 Å². The molecule has 32 heavy (non-hydrogen) atoms. The Balaban J connectivity index is 1.71. The number of carboxylic acids is 1. The van der Waals surface area contributed by atoms with Crippen LogP contribution in [0.4, 0.5) is 14.9 Å². The van der Waals surface area contributed by atoms with Crippen molar-refractivity contribution in [2.45, 2.75) is 56.2 Å². The highest BCUT2D eigenvalue weighted by atomic mass is 35.5. The van der Waals surface area contributed by atoms with Crippen molar-refractivity contribution >= 4 is 52.0 Å². The van der Waals surface area contributed by atoms with Crippen molar-refractivity contribution in [2.75, 3.05) is 18.0 Å². The molecule has 172 valence electrons. The molecule has 1 fully saturated rings. The SMILES string of the molecule is CC1Sc2c(C(=O)O)c(=O)c3cc(F)c(N4CCC(NC(=O)OC(C)(C)C)C4)c(Cl)c3n21. The van der Waals surface area contributed by atoms with E-state index in [1.807, 2.05) is 6.92 Å². The molecule has 8 nitrogen and oxygen atoms in total. The van der Waals surface area contributed by atoms with Crippen LogP contribution in [0.5, 0.6) is 0 Å². The summed E-state index contributed by atoms with van der Waals surface area (Å²) in [6, 6.07) is 0.800. The Morgan fingerprint density at radius 1 is 1.38 bits per heavy atom. The molecule has 11 heteroatoms. The first-order valence-electron chi connectivity index (χ1n) is 10.1. The maximum atomic E-state index is 15.2. The summed E-state index contributed by atoms with van der Waals surface area (Å²) < 4.78 is 22.1. The van der Waals surface area contributed by atoms with E-state index in [0.717, 1.165) is 6.07 Å². The topological polar surface area (TPSA) is 101 Å². The fourth-order valence-corrected chi connectivity index (χ4v) is 5.66. The zero-order valence-electron chi connectivity index (χ0n) is 18.0. The van der Waals surface area contributed by atoms with E-state index < -0.39 is 28.9 Å². The number of fused-ring (bicyclic) bond motifs is 3. The van der Waals surface area contributed by atoms with Crippen molar-refractivity contribution in [2.24, 2.45) is 0 Å². The Labute approximate surface area is 192 Å². The Morgan fingerprint density at radius 3 is 2.66 bits per heavy atom. The van der Waals surface area contributed by atoms with E-state index >= 15 is 4.39 Å². The summed E-state index contributed by atoms with van der Waals surface area (Å²) in [6.07, 6.45) is 0.0179. The van der Waals surface area contributed by atoms with E-state index in [1.54, 1.807) is 30.2 Å². The molecule has 2 atom stereocenters. The number of thioether (sulfide) groups is 1. The first-order valence-corrected chi connectivity index (χ1v) is 11.4. The Kier molecular flexibility index (Phi) is 5.57. The summed E-state index contributed by atoms with van der Waals surface area (Å²) >= 11 is 7.89. The first kappa shape index (κ1) is 22.7. The summed E-state index contributed by atoms with van der Waals surface area (Å²) in [4.78, 5) is 38.2. The van der Waals surface area contributed by atoms with Crippen molar-refractivity contribution in [3.8, 4) is 0 Å². The molecule has 0 radical (unpaired) electrons. The number of anilines is 1. The summed E-state index contributed by atoms with van der Waals surface area (Å²) in [7, 11) is 0. The number of aromatic carboxylic acids is 1. The number of nitrogens with one attached hydrogen (secondary N) is 1. The lowest BCUT2D eigenvalue weighted by atomic mass is 10.1. The van der Waals surface area contributed by atoms with Gasteiger partial charge in [0.05, 0.1) is 38.1 Å². The number of rotatable bonds is 3. The van der Waals surface area contributed by atoms with Gasteiger partial charge in [-0.2, -0.15) is 0 Å². The molecule has 1 aromatic heterocycles. The fourth-order valence-electron chi connectivity index (χ4n) is 4.12. The number of carbonyl (C=O) groups is 2. The number of benzene rings is 1. The van der Waals surface area contributed by atoms with Crippen LogP contribution in [0.3, 0.4) is 0 Å². The van der Waals surface area contributed by atoms with E-state index in [2.05, 4.69) is 5.32 Å². The lowest BCUT2D eigenvalue weighted by Gasteiger charge is -2.34. The number of alkyl carbamates (subject to hydrolysis) is 1. The van der Waals surface area contributed by atoms with Gasteiger partial charge in [-0.15, -0.1) is 0 Å². The zero-order chi connectivity index (χ0) is 23.5. The monoisotopic (exact) mass is 483 g/mol. The summed E-state index contributed by atoms with van der Waals surface area (Å²) in [5.74, 6) is -2.06. The highest BCUT2D eigenvalue weighted by Gasteiger charge is 2.36. The number of nitrogens with zero attached hydrogens (tertiary/aromatic N) is 2. The van der Waals surface area contributed by atoms with Gasteiger partial charge in [0.25, 0.3) is 0 Å². The maximum absolute atomic E-state index is 15.2. The van der Waals surface area contributed by atoms with Crippen LogP contribution in [0.1, 0.15) is 49.8 Å². The van der Waals surface area contributed by atoms with Crippen LogP contribution in [0.25, 0.3) is 10.9 Å². The predicted octanol–water partition coefficient (Wildman–Crippen LogP) is 4.22. The second kappa shape index (κ2) is 7.84. The minimum Gasteiger partial charge on any atom is -0.477 e. The van der Waals surface area contributed by atoms with E-state index in [1.165, 1.54) is 11.8 Å². The van der Waals surface area contributed by atoms with Gasteiger partial charge in [0.15, 0.2) is 0 Å². The van der Waals surface area contributed by atoms with Crippen LogP contribution >= 0.6 is 23.4 Å². The average molecular weight is 484 g/mol. The van der Waals surface area contributed by atoms with Crippen LogP contribution in [-0.2, 0) is 4.74 Å². The largest absolute Gasteiger partial charge is 0.477 e. The van der Waals surface area contributed by atoms with Crippen molar-refractivity contribution < 1.29 is 23.8 Å². The highest BCUT2D eigenvalue weighted by molar-refractivity contribution is 8.00. The fraction of sp³-hybridized carbons (Fsp3) is 0.476. The molecule has 0 spiro atoms. The van der Waals surface area contributed by atoms with Gasteiger partial charge in [0, 0.05) is 13.1 Å². The van der Waals surface area contributed by atoms with E-state index in [-0.39, 0.29) is 33.1 Å². The Morgan fingerprint density at radius 2 is 2.06 bits per heavy atom. The van der Waals surface area contributed by atoms with Gasteiger partial charge in [-0.3, -0.25) is 4.79 Å². The van der Waals surface area contributed by atoms with Gasteiger partial charge in [0.1, 0.15) is 17.0 Å². The predicted molar refractivity (Wildman–Crippen MR) is 121 cm³/mol. The molecule has 4 rings (SSSR count). The minimum atomic E-state index is -1.35. The third-order valence-electron chi connectivity index (χ3n) is 5.40. The molecule has 1 aromatic carbocycles. The molecular formula is C21H23ClFN3O5S. The molecule has 2 aromatic rings. The number of carbonyl (C=O) groups excluding carboxylic acids is 1. The number of pyridine rings is 1. The van der Waals surface area contributed by atoms with E-state index in [4.69, 9.17) is 16.3 Å². The molecule has 3 heterocycles. The number of hydrogen-bond donors (Lipinski definition) is 2. The molecular weight excluding hydrogens is 461 g/mol. The molecule has 1 amide bonds. The number of carboxylic acid groups (broad SMARTS) is 1. The normalized spacial score (nSPS) is 20.1. The molecule has 0 bridgehead atoms. The van der Waals surface area contributed by atoms with Gasteiger partial charge in [-0.1, -0.05) is 23.4 Å².